The van der Waals surface area contributed by atoms with E-state index in [2.05, 4.69) is 0 Å². The molecule has 7 nitrogen and oxygen atoms in total. The standard InChI is InChI=1S/C15H21N3O4S/c1-16(2)23(20,21)17-9-7-13(8-10-17)18-14-6-4-3-5-12(14)11-22-15(18)19/h3-6,13H,7-11H2,1-2H3. The number of carbonyl (C=O) groups excluding carboxylic acids is 1. The van der Waals surface area contributed by atoms with E-state index in [-0.39, 0.29) is 12.1 Å². The third-order valence-corrected chi connectivity index (χ3v) is 6.32. The maximum Gasteiger partial charge on any atom is 0.414 e. The topological polar surface area (TPSA) is 70.2 Å². The minimum absolute atomic E-state index is 0.0439. The highest BCUT2D eigenvalue weighted by atomic mass is 32.2. The summed E-state index contributed by atoms with van der Waals surface area (Å²) >= 11 is 0. The summed E-state index contributed by atoms with van der Waals surface area (Å²) < 4.78 is 32.3. The Hall–Kier alpha value is -1.64. The number of nitrogens with zero attached hydrogens (tertiary/aromatic N) is 3. The summed E-state index contributed by atoms with van der Waals surface area (Å²) in [5.74, 6) is 0. The lowest BCUT2D eigenvalue weighted by atomic mass is 10.0. The third-order valence-electron chi connectivity index (χ3n) is 4.38. The van der Waals surface area contributed by atoms with Gasteiger partial charge in [-0.25, -0.2) is 4.79 Å². The molecule has 23 heavy (non-hydrogen) atoms. The Labute approximate surface area is 136 Å². The molecule has 1 aromatic rings. The summed E-state index contributed by atoms with van der Waals surface area (Å²) in [6, 6.07) is 7.63. The Morgan fingerprint density at radius 1 is 1.17 bits per heavy atom. The van der Waals surface area contributed by atoms with Gasteiger partial charge in [-0.15, -0.1) is 0 Å². The molecule has 2 aliphatic heterocycles. The average molecular weight is 339 g/mol. The van der Waals surface area contributed by atoms with Crippen molar-refractivity contribution >= 4 is 22.0 Å². The highest BCUT2D eigenvalue weighted by molar-refractivity contribution is 7.86. The van der Waals surface area contributed by atoms with Crippen LogP contribution in [0.4, 0.5) is 10.5 Å². The molecule has 0 bridgehead atoms. The molecule has 2 aliphatic rings. The van der Waals surface area contributed by atoms with E-state index < -0.39 is 10.2 Å². The van der Waals surface area contributed by atoms with E-state index in [4.69, 9.17) is 4.74 Å². The molecule has 0 saturated carbocycles. The van der Waals surface area contributed by atoms with Crippen molar-refractivity contribution < 1.29 is 17.9 Å². The van der Waals surface area contributed by atoms with Crippen molar-refractivity contribution in [3.63, 3.8) is 0 Å². The minimum Gasteiger partial charge on any atom is -0.444 e. The molecule has 0 radical (unpaired) electrons. The van der Waals surface area contributed by atoms with E-state index in [9.17, 15) is 13.2 Å². The number of cyclic esters (lactones) is 1. The van der Waals surface area contributed by atoms with Crippen LogP contribution in [0.15, 0.2) is 24.3 Å². The van der Waals surface area contributed by atoms with Crippen molar-refractivity contribution in [2.24, 2.45) is 0 Å². The summed E-state index contributed by atoms with van der Waals surface area (Å²) in [7, 11) is -0.341. The van der Waals surface area contributed by atoms with E-state index in [0.717, 1.165) is 11.3 Å². The Kier molecular flexibility index (Phi) is 4.31. The molecule has 0 aliphatic carbocycles. The summed E-state index contributed by atoms with van der Waals surface area (Å²) in [5, 5.41) is 0. The third kappa shape index (κ3) is 2.93. The second-order valence-corrected chi connectivity index (χ2v) is 8.12. The maximum absolute atomic E-state index is 12.2. The fourth-order valence-electron chi connectivity index (χ4n) is 3.08. The normalized spacial score (nSPS) is 20.5. The second-order valence-electron chi connectivity index (χ2n) is 5.97. The summed E-state index contributed by atoms with van der Waals surface area (Å²) in [4.78, 5) is 13.9. The number of rotatable bonds is 3. The minimum atomic E-state index is -3.40. The fraction of sp³-hybridized carbons (Fsp3) is 0.533. The Morgan fingerprint density at radius 2 is 1.83 bits per heavy atom. The number of ether oxygens (including phenoxy) is 1. The lowest BCUT2D eigenvalue weighted by Crippen LogP contribution is -2.52. The smallest absolute Gasteiger partial charge is 0.414 e. The zero-order valence-electron chi connectivity index (χ0n) is 13.3. The van der Waals surface area contributed by atoms with Gasteiger partial charge in [0.05, 0.1) is 5.69 Å². The molecule has 0 atom stereocenters. The maximum atomic E-state index is 12.2. The zero-order valence-corrected chi connectivity index (χ0v) is 14.1. The van der Waals surface area contributed by atoms with Gasteiger partial charge in [-0.2, -0.15) is 17.0 Å². The predicted molar refractivity (Wildman–Crippen MR) is 86.3 cm³/mol. The van der Waals surface area contributed by atoms with Gasteiger partial charge in [0.15, 0.2) is 0 Å². The quantitative estimate of drug-likeness (QED) is 0.835. The van der Waals surface area contributed by atoms with E-state index in [1.54, 1.807) is 4.90 Å². The largest absolute Gasteiger partial charge is 0.444 e. The van der Waals surface area contributed by atoms with Crippen LogP contribution in [0.5, 0.6) is 0 Å². The van der Waals surface area contributed by atoms with Crippen LogP contribution < -0.4 is 4.90 Å². The van der Waals surface area contributed by atoms with Gasteiger partial charge in [-0.1, -0.05) is 18.2 Å². The number of hydrogen-bond donors (Lipinski definition) is 0. The van der Waals surface area contributed by atoms with Gasteiger partial charge < -0.3 is 4.74 Å². The van der Waals surface area contributed by atoms with E-state index in [1.807, 2.05) is 24.3 Å². The van der Waals surface area contributed by atoms with Crippen molar-refractivity contribution in [2.75, 3.05) is 32.1 Å². The SMILES string of the molecule is CN(C)S(=O)(=O)N1CCC(N2C(=O)OCc3ccccc32)CC1. The van der Waals surface area contributed by atoms with Gasteiger partial charge in [0.1, 0.15) is 6.61 Å². The first-order valence-electron chi connectivity index (χ1n) is 7.63. The molecule has 1 aromatic carbocycles. The lowest BCUT2D eigenvalue weighted by molar-refractivity contribution is 0.135. The van der Waals surface area contributed by atoms with Gasteiger partial charge >= 0.3 is 6.09 Å². The first-order valence-corrected chi connectivity index (χ1v) is 9.02. The molecule has 1 fully saturated rings. The van der Waals surface area contributed by atoms with Crippen LogP contribution in [0.3, 0.4) is 0 Å². The van der Waals surface area contributed by atoms with Crippen LogP contribution in [0.1, 0.15) is 18.4 Å². The predicted octanol–water partition coefficient (Wildman–Crippen LogP) is 1.41. The Bertz CT molecular complexity index is 696. The van der Waals surface area contributed by atoms with Gasteiger partial charge in [0, 0.05) is 38.8 Å². The molecule has 1 amide bonds. The highest BCUT2D eigenvalue weighted by Crippen LogP contribution is 2.32. The van der Waals surface area contributed by atoms with Crippen LogP contribution in [0.2, 0.25) is 0 Å². The molecule has 3 rings (SSSR count). The summed E-state index contributed by atoms with van der Waals surface area (Å²) in [6.45, 7) is 1.09. The Morgan fingerprint density at radius 3 is 2.48 bits per heavy atom. The van der Waals surface area contributed by atoms with Gasteiger partial charge in [0.25, 0.3) is 10.2 Å². The number of piperidine rings is 1. The summed E-state index contributed by atoms with van der Waals surface area (Å²) in [6.07, 6.45) is 0.838. The molecule has 0 aromatic heterocycles. The number of fused-ring (bicyclic) bond motifs is 1. The number of amides is 1. The number of anilines is 1. The molecule has 0 N–H and O–H groups in total. The first-order chi connectivity index (χ1) is 10.9. The van der Waals surface area contributed by atoms with Crippen molar-refractivity contribution in [3.05, 3.63) is 29.8 Å². The van der Waals surface area contributed by atoms with Crippen LogP contribution >= 0.6 is 0 Å². The number of para-hydroxylation sites is 1. The summed E-state index contributed by atoms with van der Waals surface area (Å²) in [5.41, 5.74) is 1.85. The second kappa shape index (κ2) is 6.10. The monoisotopic (exact) mass is 339 g/mol. The molecule has 2 heterocycles. The number of carbonyl (C=O) groups is 1. The molecule has 8 heteroatoms. The first kappa shape index (κ1) is 16.2. The van der Waals surface area contributed by atoms with Crippen LogP contribution in [-0.2, 0) is 21.6 Å². The fourth-order valence-corrected chi connectivity index (χ4v) is 4.22. The zero-order chi connectivity index (χ0) is 16.6. The molecular weight excluding hydrogens is 318 g/mol. The average Bonchev–Trinajstić information content (AvgIpc) is 2.55. The van der Waals surface area contributed by atoms with Crippen LogP contribution in [0.25, 0.3) is 0 Å². The van der Waals surface area contributed by atoms with E-state index >= 15 is 0 Å². The molecule has 0 unspecified atom stereocenters. The highest BCUT2D eigenvalue weighted by Gasteiger charge is 2.36. The van der Waals surface area contributed by atoms with Crippen molar-refractivity contribution in [1.82, 2.24) is 8.61 Å². The molecule has 1 saturated heterocycles. The number of benzene rings is 1. The molecule has 126 valence electrons. The molecular formula is C15H21N3O4S. The van der Waals surface area contributed by atoms with E-state index in [1.165, 1.54) is 22.7 Å². The Balaban J connectivity index is 1.77. The van der Waals surface area contributed by atoms with E-state index in [0.29, 0.717) is 32.5 Å². The van der Waals surface area contributed by atoms with Crippen molar-refractivity contribution in [1.29, 1.82) is 0 Å². The van der Waals surface area contributed by atoms with Crippen LogP contribution in [0, 0.1) is 0 Å². The van der Waals surface area contributed by atoms with Crippen LogP contribution in [-0.4, -0.2) is 56.3 Å². The van der Waals surface area contributed by atoms with Crippen molar-refractivity contribution in [3.8, 4) is 0 Å². The van der Waals surface area contributed by atoms with Crippen molar-refractivity contribution in [2.45, 2.75) is 25.5 Å². The van der Waals surface area contributed by atoms with Gasteiger partial charge in [-0.05, 0) is 18.9 Å². The van der Waals surface area contributed by atoms with Gasteiger partial charge in [0.2, 0.25) is 0 Å². The lowest BCUT2D eigenvalue weighted by Gasteiger charge is -2.40. The molecule has 0 spiro atoms. The van der Waals surface area contributed by atoms with Gasteiger partial charge in [-0.3, -0.25) is 4.90 Å². The number of hydrogen-bond acceptors (Lipinski definition) is 4.